The smallest absolute Gasteiger partial charge is 0.255 e. The number of carbonyl (C=O) groups excluding carboxylic acids is 2. The Labute approximate surface area is 191 Å². The van der Waals surface area contributed by atoms with E-state index in [1.165, 1.54) is 18.3 Å². The van der Waals surface area contributed by atoms with Crippen molar-refractivity contribution in [2.75, 3.05) is 28.6 Å². The first-order valence-corrected chi connectivity index (χ1v) is 11.4. The van der Waals surface area contributed by atoms with E-state index >= 15 is 0 Å². The number of hydrogen-bond acceptors (Lipinski definition) is 6. The Bertz CT molecular complexity index is 1100. The van der Waals surface area contributed by atoms with Crippen molar-refractivity contribution in [3.63, 3.8) is 0 Å². The van der Waals surface area contributed by atoms with E-state index in [-0.39, 0.29) is 24.0 Å². The molecule has 0 aliphatic carbocycles. The average molecular weight is 451 g/mol. The number of aromatic nitrogens is 1. The molecule has 32 heavy (non-hydrogen) atoms. The number of amides is 2. The molecule has 1 aromatic heterocycles. The molecule has 0 saturated carbocycles. The van der Waals surface area contributed by atoms with Crippen LogP contribution in [0.25, 0.3) is 11.3 Å². The molecule has 2 heterocycles. The summed E-state index contributed by atoms with van der Waals surface area (Å²) in [4.78, 5) is 30.7. The Morgan fingerprint density at radius 2 is 1.78 bits per heavy atom. The van der Waals surface area contributed by atoms with Gasteiger partial charge in [-0.1, -0.05) is 12.1 Å². The van der Waals surface area contributed by atoms with Crippen molar-refractivity contribution >= 4 is 39.7 Å². The zero-order valence-electron chi connectivity index (χ0n) is 18.3. The number of ether oxygens (including phenoxy) is 1. The lowest BCUT2D eigenvalue weighted by molar-refractivity contribution is -0.114. The maximum Gasteiger partial charge on any atom is 0.255 e. The third-order valence-corrected chi connectivity index (χ3v) is 5.88. The molecule has 2 amide bonds. The molecule has 7 nitrogen and oxygen atoms in total. The summed E-state index contributed by atoms with van der Waals surface area (Å²) in [5.74, 6) is -0.353. The fraction of sp³-hybridized carbons (Fsp3) is 0.292. The van der Waals surface area contributed by atoms with Crippen LogP contribution < -0.4 is 15.5 Å². The minimum Gasteiger partial charge on any atom is -0.372 e. The molecule has 1 aliphatic heterocycles. The summed E-state index contributed by atoms with van der Waals surface area (Å²) in [6.07, 6.45) is 0.384. The van der Waals surface area contributed by atoms with E-state index in [1.54, 1.807) is 12.1 Å². The minimum atomic E-state index is -0.189. The maximum absolute atomic E-state index is 12.8. The largest absolute Gasteiger partial charge is 0.372 e. The van der Waals surface area contributed by atoms with Gasteiger partial charge in [0.15, 0.2) is 5.13 Å². The molecule has 2 atom stereocenters. The van der Waals surface area contributed by atoms with Crippen LogP contribution in [0.2, 0.25) is 0 Å². The predicted molar refractivity (Wildman–Crippen MR) is 128 cm³/mol. The molecule has 8 heteroatoms. The van der Waals surface area contributed by atoms with Crippen molar-refractivity contribution in [2.45, 2.75) is 33.0 Å². The first-order chi connectivity index (χ1) is 15.4. The number of thiazole rings is 1. The van der Waals surface area contributed by atoms with Crippen LogP contribution in [0, 0.1) is 0 Å². The van der Waals surface area contributed by atoms with Gasteiger partial charge >= 0.3 is 0 Å². The van der Waals surface area contributed by atoms with Crippen molar-refractivity contribution in [3.05, 3.63) is 59.5 Å². The molecule has 0 bridgehead atoms. The second kappa shape index (κ2) is 9.50. The second-order valence-corrected chi connectivity index (χ2v) is 8.82. The number of rotatable bonds is 5. The topological polar surface area (TPSA) is 83.6 Å². The zero-order valence-corrected chi connectivity index (χ0v) is 19.1. The summed E-state index contributed by atoms with van der Waals surface area (Å²) in [6.45, 7) is 7.31. The van der Waals surface area contributed by atoms with Crippen molar-refractivity contribution < 1.29 is 14.3 Å². The van der Waals surface area contributed by atoms with Gasteiger partial charge in [0.05, 0.1) is 17.9 Å². The fourth-order valence-electron chi connectivity index (χ4n) is 3.78. The summed E-state index contributed by atoms with van der Waals surface area (Å²) in [5.41, 5.74) is 3.92. The standard InChI is InChI=1S/C24H26N4O3S/c1-15-12-28(13-16(2)31-15)21-9-7-20(8-10-21)26-23(30)19-6-4-5-18(11-19)22-14-32-24(27-22)25-17(3)29/h4-11,14-16H,12-13H2,1-3H3,(H,26,30)(H,25,27,29)/t15-,16+. The molecule has 0 unspecified atom stereocenters. The van der Waals surface area contributed by atoms with E-state index < -0.39 is 0 Å². The van der Waals surface area contributed by atoms with Crippen LogP contribution in [-0.4, -0.2) is 42.1 Å². The SMILES string of the molecule is CC(=O)Nc1nc(-c2cccc(C(=O)Nc3ccc(N4C[C@@H](C)O[C@@H](C)C4)cc3)c2)cs1. The molecular formula is C24H26N4O3S. The third kappa shape index (κ3) is 5.33. The Morgan fingerprint density at radius 1 is 1.06 bits per heavy atom. The van der Waals surface area contributed by atoms with Gasteiger partial charge in [-0.25, -0.2) is 4.98 Å². The lowest BCUT2D eigenvalue weighted by Crippen LogP contribution is -2.45. The highest BCUT2D eigenvalue weighted by Gasteiger charge is 2.22. The van der Waals surface area contributed by atoms with Crippen molar-refractivity contribution in [3.8, 4) is 11.3 Å². The van der Waals surface area contributed by atoms with Crippen molar-refractivity contribution in [1.29, 1.82) is 0 Å². The van der Waals surface area contributed by atoms with Crippen LogP contribution in [-0.2, 0) is 9.53 Å². The van der Waals surface area contributed by atoms with E-state index in [2.05, 4.69) is 34.4 Å². The molecule has 1 aliphatic rings. The number of anilines is 3. The molecule has 2 aromatic carbocycles. The van der Waals surface area contributed by atoms with Crippen molar-refractivity contribution in [1.82, 2.24) is 4.98 Å². The van der Waals surface area contributed by atoms with E-state index in [4.69, 9.17) is 4.74 Å². The van der Waals surface area contributed by atoms with Crippen LogP contribution in [0.4, 0.5) is 16.5 Å². The first-order valence-electron chi connectivity index (χ1n) is 10.5. The van der Waals surface area contributed by atoms with Crippen LogP contribution in [0.15, 0.2) is 53.9 Å². The number of morpholine rings is 1. The number of benzene rings is 2. The monoisotopic (exact) mass is 450 g/mol. The number of nitrogens with one attached hydrogen (secondary N) is 2. The average Bonchev–Trinajstić information content (AvgIpc) is 3.21. The van der Waals surface area contributed by atoms with Crippen LogP contribution in [0.5, 0.6) is 0 Å². The summed E-state index contributed by atoms with van der Waals surface area (Å²) in [6, 6.07) is 15.2. The van der Waals surface area contributed by atoms with Crippen LogP contribution >= 0.6 is 11.3 Å². The number of carbonyl (C=O) groups is 2. The Morgan fingerprint density at radius 3 is 2.47 bits per heavy atom. The zero-order chi connectivity index (χ0) is 22.7. The molecular weight excluding hydrogens is 424 g/mol. The van der Waals surface area contributed by atoms with Gasteiger partial charge in [-0.2, -0.15) is 0 Å². The molecule has 1 saturated heterocycles. The van der Waals surface area contributed by atoms with Gasteiger partial charge in [-0.15, -0.1) is 11.3 Å². The van der Waals surface area contributed by atoms with E-state index in [0.717, 1.165) is 30.0 Å². The lowest BCUT2D eigenvalue weighted by Gasteiger charge is -2.36. The van der Waals surface area contributed by atoms with Crippen molar-refractivity contribution in [2.24, 2.45) is 0 Å². The molecule has 166 valence electrons. The minimum absolute atomic E-state index is 0.164. The maximum atomic E-state index is 12.8. The van der Waals surface area contributed by atoms with Gasteiger partial charge in [0.2, 0.25) is 5.91 Å². The molecule has 0 spiro atoms. The van der Waals surface area contributed by atoms with E-state index in [0.29, 0.717) is 16.4 Å². The van der Waals surface area contributed by atoms with E-state index in [1.807, 2.05) is 41.8 Å². The normalized spacial score (nSPS) is 18.3. The summed E-state index contributed by atoms with van der Waals surface area (Å²) < 4.78 is 5.80. The highest BCUT2D eigenvalue weighted by atomic mass is 32.1. The molecule has 4 rings (SSSR count). The van der Waals surface area contributed by atoms with E-state index in [9.17, 15) is 9.59 Å². The van der Waals surface area contributed by atoms with Gasteiger partial charge in [0.1, 0.15) is 0 Å². The quantitative estimate of drug-likeness (QED) is 0.592. The van der Waals surface area contributed by atoms with Gasteiger partial charge in [-0.05, 0) is 50.2 Å². The molecule has 2 N–H and O–H groups in total. The van der Waals surface area contributed by atoms with Gasteiger partial charge in [-0.3, -0.25) is 9.59 Å². The summed E-state index contributed by atoms with van der Waals surface area (Å²) in [7, 11) is 0. The first kappa shape index (κ1) is 22.0. The van der Waals surface area contributed by atoms with Crippen LogP contribution in [0.1, 0.15) is 31.1 Å². The summed E-state index contributed by atoms with van der Waals surface area (Å²) in [5, 5.41) is 8.02. The number of hydrogen-bond donors (Lipinski definition) is 2. The van der Waals surface area contributed by atoms with Crippen LogP contribution in [0.3, 0.4) is 0 Å². The highest BCUT2D eigenvalue weighted by Crippen LogP contribution is 2.26. The Balaban J connectivity index is 1.43. The highest BCUT2D eigenvalue weighted by molar-refractivity contribution is 7.14. The fourth-order valence-corrected chi connectivity index (χ4v) is 4.55. The molecule has 0 radical (unpaired) electrons. The van der Waals surface area contributed by atoms with Gasteiger partial charge < -0.3 is 20.3 Å². The predicted octanol–water partition coefficient (Wildman–Crippen LogP) is 4.63. The Kier molecular flexibility index (Phi) is 6.53. The van der Waals surface area contributed by atoms with Gasteiger partial charge in [0.25, 0.3) is 5.91 Å². The van der Waals surface area contributed by atoms with Gasteiger partial charge in [0, 0.05) is 47.9 Å². The molecule has 1 fully saturated rings. The summed E-state index contributed by atoms with van der Waals surface area (Å²) >= 11 is 1.35. The second-order valence-electron chi connectivity index (χ2n) is 7.96. The Hall–Kier alpha value is -3.23. The number of nitrogens with zero attached hydrogens (tertiary/aromatic N) is 2. The lowest BCUT2D eigenvalue weighted by atomic mass is 10.1. The third-order valence-electron chi connectivity index (χ3n) is 5.12. The molecule has 3 aromatic rings.